The van der Waals surface area contributed by atoms with E-state index in [1.54, 1.807) is 0 Å². The molecular weight excluding hydrogens is 200 g/mol. The van der Waals surface area contributed by atoms with E-state index in [0.29, 0.717) is 6.54 Å². The molecule has 2 atom stereocenters. The van der Waals surface area contributed by atoms with Gasteiger partial charge in [-0.1, -0.05) is 13.8 Å². The molecule has 0 spiro atoms. The molecule has 1 aliphatic heterocycles. The first-order valence-corrected chi connectivity index (χ1v) is 6.10. The van der Waals surface area contributed by atoms with E-state index in [2.05, 4.69) is 24.8 Å². The van der Waals surface area contributed by atoms with Gasteiger partial charge in [-0.25, -0.2) is 0 Å². The maximum Gasteiger partial charge on any atom is 0.118 e. The highest BCUT2D eigenvalue weighted by molar-refractivity contribution is 5.20. The largest absolute Gasteiger partial charge is 0.465 e. The van der Waals surface area contributed by atoms with Gasteiger partial charge in [-0.15, -0.1) is 0 Å². The molecule has 0 amide bonds. The lowest BCUT2D eigenvalue weighted by Gasteiger charge is -2.14. The second-order valence-electron chi connectivity index (χ2n) is 5.15. The minimum Gasteiger partial charge on any atom is -0.465 e. The summed E-state index contributed by atoms with van der Waals surface area (Å²) in [5, 5.41) is 0. The summed E-state index contributed by atoms with van der Waals surface area (Å²) in [5.41, 5.74) is 6.87. The summed E-state index contributed by atoms with van der Waals surface area (Å²) in [4.78, 5) is 2.51. The molecule has 1 aliphatic rings. The van der Waals surface area contributed by atoms with Crippen LogP contribution >= 0.6 is 0 Å². The average Bonchev–Trinajstić information content (AvgIpc) is 2.73. The van der Waals surface area contributed by atoms with Crippen molar-refractivity contribution >= 4 is 0 Å². The third kappa shape index (κ3) is 2.30. The quantitative estimate of drug-likeness (QED) is 0.852. The number of nitrogens with two attached hydrogens (primary N) is 1. The van der Waals surface area contributed by atoms with Crippen LogP contribution in [0.1, 0.15) is 30.9 Å². The molecule has 3 nitrogen and oxygen atoms in total. The molecule has 2 heterocycles. The van der Waals surface area contributed by atoms with Crippen LogP contribution in [0.25, 0.3) is 0 Å². The van der Waals surface area contributed by atoms with Crippen LogP contribution < -0.4 is 5.73 Å². The van der Waals surface area contributed by atoms with Gasteiger partial charge in [0.05, 0.1) is 6.54 Å². The van der Waals surface area contributed by atoms with Crippen LogP contribution in [0.2, 0.25) is 0 Å². The Morgan fingerprint density at radius 1 is 1.38 bits per heavy atom. The number of aryl methyl sites for hydroxylation is 1. The average molecular weight is 222 g/mol. The maximum absolute atomic E-state index is 5.58. The lowest BCUT2D eigenvalue weighted by molar-refractivity contribution is 0.313. The molecule has 1 fully saturated rings. The van der Waals surface area contributed by atoms with Crippen molar-refractivity contribution in [2.24, 2.45) is 17.6 Å². The minimum absolute atomic E-state index is 0.494. The van der Waals surface area contributed by atoms with Crippen LogP contribution in [0, 0.1) is 18.8 Å². The highest BCUT2D eigenvalue weighted by atomic mass is 16.3. The highest BCUT2D eigenvalue weighted by Crippen LogP contribution is 2.25. The van der Waals surface area contributed by atoms with E-state index < -0.39 is 0 Å². The maximum atomic E-state index is 5.58. The van der Waals surface area contributed by atoms with Crippen LogP contribution in [0.4, 0.5) is 0 Å². The number of furan rings is 1. The molecule has 1 aromatic heterocycles. The van der Waals surface area contributed by atoms with Crippen LogP contribution in [0.15, 0.2) is 10.5 Å². The van der Waals surface area contributed by atoms with Crippen molar-refractivity contribution in [2.45, 2.75) is 33.9 Å². The number of likely N-dealkylation sites (tertiary alicyclic amines) is 1. The topological polar surface area (TPSA) is 42.4 Å². The zero-order chi connectivity index (χ0) is 11.7. The summed E-state index contributed by atoms with van der Waals surface area (Å²) < 4.78 is 5.58. The fraction of sp³-hybridized carbons (Fsp3) is 0.692. The van der Waals surface area contributed by atoms with E-state index in [1.165, 1.54) is 18.7 Å². The van der Waals surface area contributed by atoms with E-state index >= 15 is 0 Å². The SMILES string of the molecule is Cc1oc(CN)cc1CN1CC(C)C(C)C1. The Labute approximate surface area is 97.6 Å². The second kappa shape index (κ2) is 4.60. The van der Waals surface area contributed by atoms with Crippen LogP contribution in [-0.4, -0.2) is 18.0 Å². The first kappa shape index (κ1) is 11.7. The third-order valence-electron chi connectivity index (χ3n) is 3.73. The molecule has 90 valence electrons. The van der Waals surface area contributed by atoms with Crippen molar-refractivity contribution < 1.29 is 4.42 Å². The zero-order valence-electron chi connectivity index (χ0n) is 10.5. The van der Waals surface area contributed by atoms with Gasteiger partial charge in [0, 0.05) is 25.2 Å². The molecule has 0 radical (unpaired) electrons. The van der Waals surface area contributed by atoms with Crippen molar-refractivity contribution in [2.75, 3.05) is 13.1 Å². The van der Waals surface area contributed by atoms with Gasteiger partial charge >= 0.3 is 0 Å². The van der Waals surface area contributed by atoms with Crippen LogP contribution in [-0.2, 0) is 13.1 Å². The third-order valence-corrected chi connectivity index (χ3v) is 3.73. The second-order valence-corrected chi connectivity index (χ2v) is 5.15. The van der Waals surface area contributed by atoms with Gasteiger partial charge in [0.1, 0.15) is 11.5 Å². The number of nitrogens with zero attached hydrogens (tertiary/aromatic N) is 1. The molecule has 1 saturated heterocycles. The van der Waals surface area contributed by atoms with E-state index in [0.717, 1.165) is 29.9 Å². The summed E-state index contributed by atoms with van der Waals surface area (Å²) in [6.45, 7) is 10.6. The predicted molar refractivity (Wildman–Crippen MR) is 64.9 cm³/mol. The Morgan fingerprint density at radius 2 is 2.00 bits per heavy atom. The summed E-state index contributed by atoms with van der Waals surface area (Å²) in [5.74, 6) is 3.53. The van der Waals surface area contributed by atoms with Crippen molar-refractivity contribution in [1.29, 1.82) is 0 Å². The van der Waals surface area contributed by atoms with E-state index in [9.17, 15) is 0 Å². The standard InChI is InChI=1S/C13H22N2O/c1-9-6-15(7-10(9)2)8-12-4-13(5-14)16-11(12)3/h4,9-10H,5-8,14H2,1-3H3. The van der Waals surface area contributed by atoms with Crippen LogP contribution in [0.5, 0.6) is 0 Å². The van der Waals surface area contributed by atoms with Gasteiger partial charge in [-0.3, -0.25) is 4.90 Å². The van der Waals surface area contributed by atoms with E-state index in [4.69, 9.17) is 10.2 Å². The molecular formula is C13H22N2O. The van der Waals surface area contributed by atoms with E-state index in [-0.39, 0.29) is 0 Å². The lowest BCUT2D eigenvalue weighted by Crippen LogP contribution is -2.20. The molecule has 0 bridgehead atoms. The Balaban J connectivity index is 2.01. The van der Waals surface area contributed by atoms with Crippen molar-refractivity contribution in [3.05, 3.63) is 23.2 Å². The predicted octanol–water partition coefficient (Wildman–Crippen LogP) is 2.13. The summed E-state index contributed by atoms with van der Waals surface area (Å²) in [7, 11) is 0. The Hall–Kier alpha value is -0.800. The molecule has 0 aliphatic carbocycles. The van der Waals surface area contributed by atoms with Gasteiger partial charge in [0.15, 0.2) is 0 Å². The molecule has 16 heavy (non-hydrogen) atoms. The van der Waals surface area contributed by atoms with Crippen molar-refractivity contribution in [3.63, 3.8) is 0 Å². The first-order valence-electron chi connectivity index (χ1n) is 6.10. The summed E-state index contributed by atoms with van der Waals surface area (Å²) in [6.07, 6.45) is 0. The summed E-state index contributed by atoms with van der Waals surface area (Å²) in [6, 6.07) is 2.10. The van der Waals surface area contributed by atoms with Gasteiger partial charge in [0.25, 0.3) is 0 Å². The zero-order valence-corrected chi connectivity index (χ0v) is 10.5. The molecule has 0 aromatic carbocycles. The summed E-state index contributed by atoms with van der Waals surface area (Å²) >= 11 is 0. The number of hydrogen-bond donors (Lipinski definition) is 1. The van der Waals surface area contributed by atoms with Crippen molar-refractivity contribution in [1.82, 2.24) is 4.90 Å². The Morgan fingerprint density at radius 3 is 2.50 bits per heavy atom. The van der Waals surface area contributed by atoms with Gasteiger partial charge in [-0.2, -0.15) is 0 Å². The van der Waals surface area contributed by atoms with Crippen molar-refractivity contribution in [3.8, 4) is 0 Å². The highest BCUT2D eigenvalue weighted by Gasteiger charge is 2.26. The Kier molecular flexibility index (Phi) is 3.36. The molecule has 3 heteroatoms. The lowest BCUT2D eigenvalue weighted by atomic mass is 10.0. The minimum atomic E-state index is 0.494. The fourth-order valence-corrected chi connectivity index (χ4v) is 2.46. The van der Waals surface area contributed by atoms with Gasteiger partial charge in [0.2, 0.25) is 0 Å². The first-order chi connectivity index (χ1) is 7.60. The van der Waals surface area contributed by atoms with Gasteiger partial charge in [-0.05, 0) is 24.8 Å². The molecule has 1 aromatic rings. The van der Waals surface area contributed by atoms with E-state index in [1.807, 2.05) is 6.92 Å². The fourth-order valence-electron chi connectivity index (χ4n) is 2.46. The molecule has 2 unspecified atom stereocenters. The smallest absolute Gasteiger partial charge is 0.118 e. The van der Waals surface area contributed by atoms with Gasteiger partial charge < -0.3 is 10.2 Å². The van der Waals surface area contributed by atoms with Crippen LogP contribution in [0.3, 0.4) is 0 Å². The number of hydrogen-bond acceptors (Lipinski definition) is 3. The normalized spacial score (nSPS) is 26.5. The Bertz CT molecular complexity index is 349. The molecule has 0 saturated carbocycles. The number of rotatable bonds is 3. The molecule has 2 N–H and O–H groups in total. The monoisotopic (exact) mass is 222 g/mol. The molecule has 2 rings (SSSR count).